The number of aliphatic hydroxyl groups excluding tert-OH is 1. The highest BCUT2D eigenvalue weighted by Gasteiger charge is 2.25. The van der Waals surface area contributed by atoms with Gasteiger partial charge in [-0.15, -0.1) is 0 Å². The molecular formula is C11H22N2O2. The van der Waals surface area contributed by atoms with Crippen molar-refractivity contribution in [3.8, 4) is 0 Å². The molecule has 15 heavy (non-hydrogen) atoms. The summed E-state index contributed by atoms with van der Waals surface area (Å²) >= 11 is 0. The van der Waals surface area contributed by atoms with Crippen LogP contribution < -0.4 is 10.6 Å². The molecule has 0 spiro atoms. The molecule has 0 radical (unpaired) electrons. The third-order valence-corrected chi connectivity index (χ3v) is 2.51. The van der Waals surface area contributed by atoms with Gasteiger partial charge in [-0.25, -0.2) is 0 Å². The van der Waals surface area contributed by atoms with E-state index >= 15 is 0 Å². The van der Waals surface area contributed by atoms with E-state index in [0.29, 0.717) is 13.0 Å². The van der Waals surface area contributed by atoms with Crippen LogP contribution in [0.25, 0.3) is 0 Å². The number of carbonyl (C=O) groups is 1. The van der Waals surface area contributed by atoms with Crippen LogP contribution in [0.1, 0.15) is 27.2 Å². The molecule has 4 nitrogen and oxygen atoms in total. The summed E-state index contributed by atoms with van der Waals surface area (Å²) in [4.78, 5) is 11.4. The van der Waals surface area contributed by atoms with Crippen LogP contribution in [0.15, 0.2) is 0 Å². The van der Waals surface area contributed by atoms with Crippen LogP contribution in [-0.2, 0) is 4.79 Å². The van der Waals surface area contributed by atoms with Crippen molar-refractivity contribution in [3.63, 3.8) is 0 Å². The van der Waals surface area contributed by atoms with Crippen molar-refractivity contribution in [1.29, 1.82) is 0 Å². The average molecular weight is 214 g/mol. The summed E-state index contributed by atoms with van der Waals surface area (Å²) in [6, 6.07) is 0. The van der Waals surface area contributed by atoms with Gasteiger partial charge in [-0.3, -0.25) is 4.79 Å². The van der Waals surface area contributed by atoms with Gasteiger partial charge < -0.3 is 15.7 Å². The summed E-state index contributed by atoms with van der Waals surface area (Å²) in [5, 5.41) is 15.5. The first kappa shape index (κ1) is 12.5. The zero-order chi connectivity index (χ0) is 11.5. The molecule has 0 aromatic carbocycles. The molecule has 3 N–H and O–H groups in total. The Bertz CT molecular complexity index is 219. The summed E-state index contributed by atoms with van der Waals surface area (Å²) in [5.74, 6) is 0.161. The molecule has 0 aromatic rings. The van der Waals surface area contributed by atoms with E-state index in [0.717, 1.165) is 13.1 Å². The smallest absolute Gasteiger partial charge is 0.225 e. The van der Waals surface area contributed by atoms with E-state index in [1.165, 1.54) is 0 Å². The maximum absolute atomic E-state index is 11.4. The van der Waals surface area contributed by atoms with E-state index in [4.69, 9.17) is 0 Å². The molecule has 1 aliphatic heterocycles. The van der Waals surface area contributed by atoms with Gasteiger partial charge in [0.05, 0.1) is 12.0 Å². The summed E-state index contributed by atoms with van der Waals surface area (Å²) in [6.45, 7) is 8.13. The summed E-state index contributed by atoms with van der Waals surface area (Å²) in [6.07, 6.45) is 0.262. The van der Waals surface area contributed by atoms with Gasteiger partial charge in [0.1, 0.15) is 0 Å². The molecule has 0 saturated carbocycles. The molecule has 1 fully saturated rings. The molecule has 0 bridgehead atoms. The van der Waals surface area contributed by atoms with E-state index < -0.39 is 6.10 Å². The molecule has 88 valence electrons. The lowest BCUT2D eigenvalue weighted by atomic mass is 9.89. The highest BCUT2D eigenvalue weighted by Crippen LogP contribution is 2.20. The zero-order valence-electron chi connectivity index (χ0n) is 9.84. The summed E-state index contributed by atoms with van der Waals surface area (Å²) < 4.78 is 0. The van der Waals surface area contributed by atoms with Crippen molar-refractivity contribution >= 4 is 5.91 Å². The lowest BCUT2D eigenvalue weighted by Crippen LogP contribution is -2.51. The second-order valence-corrected chi connectivity index (χ2v) is 5.52. The van der Waals surface area contributed by atoms with Crippen LogP contribution in [0.2, 0.25) is 0 Å². The zero-order valence-corrected chi connectivity index (χ0v) is 9.84. The van der Waals surface area contributed by atoms with E-state index in [1.54, 1.807) is 0 Å². The second-order valence-electron chi connectivity index (χ2n) is 5.52. The Morgan fingerprint density at radius 1 is 1.53 bits per heavy atom. The molecule has 1 atom stereocenters. The van der Waals surface area contributed by atoms with Gasteiger partial charge in [-0.1, -0.05) is 20.8 Å². The molecule has 1 amide bonds. The molecule has 1 aliphatic rings. The molecule has 4 heteroatoms. The molecule has 0 aromatic heterocycles. The number of nitrogens with one attached hydrogen (secondary N) is 2. The third-order valence-electron chi connectivity index (χ3n) is 2.51. The first-order valence-corrected chi connectivity index (χ1v) is 5.55. The Kier molecular flexibility index (Phi) is 4.11. The highest BCUT2D eigenvalue weighted by molar-refractivity contribution is 5.79. The van der Waals surface area contributed by atoms with Crippen LogP contribution in [-0.4, -0.2) is 36.8 Å². The van der Waals surface area contributed by atoms with Gasteiger partial charge in [-0.2, -0.15) is 0 Å². The fraction of sp³-hybridized carbons (Fsp3) is 0.909. The van der Waals surface area contributed by atoms with Crippen LogP contribution in [0, 0.1) is 11.3 Å². The Morgan fingerprint density at radius 3 is 2.53 bits per heavy atom. The Morgan fingerprint density at radius 2 is 2.13 bits per heavy atom. The van der Waals surface area contributed by atoms with Crippen molar-refractivity contribution in [3.05, 3.63) is 0 Å². The molecule has 0 aliphatic carbocycles. The monoisotopic (exact) mass is 214 g/mol. The molecule has 1 heterocycles. The van der Waals surface area contributed by atoms with Gasteiger partial charge in [0.2, 0.25) is 5.91 Å². The first-order valence-electron chi connectivity index (χ1n) is 5.55. The van der Waals surface area contributed by atoms with Crippen molar-refractivity contribution < 1.29 is 9.90 Å². The lowest BCUT2D eigenvalue weighted by molar-refractivity contribution is -0.126. The SMILES string of the molecule is CC(C)(C)CC(O)CNC(=O)C1CNC1. The Hall–Kier alpha value is -0.610. The molecule has 1 unspecified atom stereocenters. The van der Waals surface area contributed by atoms with E-state index in [9.17, 15) is 9.90 Å². The van der Waals surface area contributed by atoms with Crippen molar-refractivity contribution in [1.82, 2.24) is 10.6 Å². The molecular weight excluding hydrogens is 192 g/mol. The summed E-state index contributed by atoms with van der Waals surface area (Å²) in [7, 11) is 0. The number of rotatable bonds is 4. The fourth-order valence-electron chi connectivity index (χ4n) is 1.62. The standard InChI is InChI=1S/C11H22N2O2/c1-11(2,3)4-9(14)7-13-10(15)8-5-12-6-8/h8-9,12,14H,4-7H2,1-3H3,(H,13,15). The van der Waals surface area contributed by atoms with Crippen LogP contribution in [0.4, 0.5) is 0 Å². The van der Waals surface area contributed by atoms with Gasteiger partial charge in [0, 0.05) is 19.6 Å². The van der Waals surface area contributed by atoms with Crippen LogP contribution >= 0.6 is 0 Å². The highest BCUT2D eigenvalue weighted by atomic mass is 16.3. The average Bonchev–Trinajstić information content (AvgIpc) is 1.94. The number of amides is 1. The predicted octanol–water partition coefficient (Wildman–Crippen LogP) is 0.119. The topological polar surface area (TPSA) is 61.4 Å². The first-order chi connectivity index (χ1) is 6.88. The predicted molar refractivity (Wildman–Crippen MR) is 59.4 cm³/mol. The van der Waals surface area contributed by atoms with E-state index in [-0.39, 0.29) is 17.2 Å². The largest absolute Gasteiger partial charge is 0.391 e. The van der Waals surface area contributed by atoms with Crippen molar-refractivity contribution in [2.45, 2.75) is 33.3 Å². The van der Waals surface area contributed by atoms with Crippen LogP contribution in [0.3, 0.4) is 0 Å². The number of carbonyl (C=O) groups excluding carboxylic acids is 1. The fourth-order valence-corrected chi connectivity index (χ4v) is 1.62. The van der Waals surface area contributed by atoms with Crippen LogP contribution in [0.5, 0.6) is 0 Å². The number of hydrogen-bond acceptors (Lipinski definition) is 3. The van der Waals surface area contributed by atoms with Crippen molar-refractivity contribution in [2.75, 3.05) is 19.6 Å². The Balaban J connectivity index is 2.15. The van der Waals surface area contributed by atoms with E-state index in [1.807, 2.05) is 0 Å². The molecule has 1 rings (SSSR count). The minimum atomic E-state index is -0.443. The maximum Gasteiger partial charge on any atom is 0.225 e. The second kappa shape index (κ2) is 4.94. The number of hydrogen-bond donors (Lipinski definition) is 3. The molecule has 1 saturated heterocycles. The van der Waals surface area contributed by atoms with Crippen molar-refractivity contribution in [2.24, 2.45) is 11.3 Å². The maximum atomic E-state index is 11.4. The minimum absolute atomic E-state index is 0.0571. The van der Waals surface area contributed by atoms with Gasteiger partial charge in [0.25, 0.3) is 0 Å². The van der Waals surface area contributed by atoms with Gasteiger partial charge in [-0.05, 0) is 11.8 Å². The Labute approximate surface area is 91.4 Å². The third kappa shape index (κ3) is 4.62. The van der Waals surface area contributed by atoms with Gasteiger partial charge >= 0.3 is 0 Å². The minimum Gasteiger partial charge on any atom is -0.391 e. The quantitative estimate of drug-likeness (QED) is 0.623. The summed E-state index contributed by atoms with van der Waals surface area (Å²) in [5.41, 5.74) is 0.0994. The van der Waals surface area contributed by atoms with Gasteiger partial charge in [0.15, 0.2) is 0 Å². The number of aliphatic hydroxyl groups is 1. The normalized spacial score (nSPS) is 19.5. The lowest BCUT2D eigenvalue weighted by Gasteiger charge is -2.27. The van der Waals surface area contributed by atoms with E-state index in [2.05, 4.69) is 31.4 Å².